The average molecular weight is 548 g/mol. The van der Waals surface area contributed by atoms with Gasteiger partial charge in [0.05, 0.1) is 44.6 Å². The molecule has 0 saturated carbocycles. The van der Waals surface area contributed by atoms with Crippen LogP contribution in [0.2, 0.25) is 0 Å². The second-order valence-electron chi connectivity index (χ2n) is 9.65. The minimum atomic E-state index is -0.345. The summed E-state index contributed by atoms with van der Waals surface area (Å²) in [6, 6.07) is 12.7. The van der Waals surface area contributed by atoms with Crippen molar-refractivity contribution < 1.29 is 13.9 Å². The molecule has 2 N–H and O–H groups in total. The molecular formula is C27H30FN9O3. The highest BCUT2D eigenvalue weighted by molar-refractivity contribution is 5.89. The van der Waals surface area contributed by atoms with Crippen molar-refractivity contribution in [3.05, 3.63) is 70.5 Å². The first-order valence-corrected chi connectivity index (χ1v) is 13.0. The maximum absolute atomic E-state index is 14.7. The van der Waals surface area contributed by atoms with Crippen LogP contribution in [-0.4, -0.2) is 80.8 Å². The molecule has 5 aromatic rings. The van der Waals surface area contributed by atoms with Crippen LogP contribution in [0.25, 0.3) is 16.7 Å². The molecule has 4 heterocycles. The monoisotopic (exact) mass is 547 g/mol. The van der Waals surface area contributed by atoms with Crippen LogP contribution in [-0.2, 0) is 13.1 Å². The average Bonchev–Trinajstić information content (AvgIpc) is 3.53. The number of hydrogen-bond donors (Lipinski definition) is 1. The van der Waals surface area contributed by atoms with Gasteiger partial charge in [-0.05, 0) is 5.56 Å². The Balaban J connectivity index is 1.16. The fourth-order valence-corrected chi connectivity index (χ4v) is 5.16. The smallest absolute Gasteiger partial charge is 0.353 e. The minimum absolute atomic E-state index is 0.0686. The molecule has 0 bridgehead atoms. The first kappa shape index (κ1) is 25.6. The molecule has 40 heavy (non-hydrogen) atoms. The molecule has 3 aromatic heterocycles. The topological polar surface area (TPSA) is 121 Å². The van der Waals surface area contributed by atoms with Crippen molar-refractivity contribution in [3.63, 3.8) is 0 Å². The summed E-state index contributed by atoms with van der Waals surface area (Å²) in [6.07, 6.45) is 1.67. The number of nitrogens with zero attached hydrogens (tertiary/aromatic N) is 8. The van der Waals surface area contributed by atoms with Gasteiger partial charge in [0.2, 0.25) is 5.95 Å². The largest absolute Gasteiger partial charge is 0.493 e. The molecule has 0 unspecified atom stereocenters. The number of rotatable bonds is 8. The molecule has 13 heteroatoms. The first-order chi connectivity index (χ1) is 19.5. The second-order valence-corrected chi connectivity index (χ2v) is 9.65. The molecule has 1 fully saturated rings. The van der Waals surface area contributed by atoms with Crippen molar-refractivity contribution in [3.8, 4) is 11.5 Å². The van der Waals surface area contributed by atoms with E-state index in [2.05, 4.69) is 20.1 Å². The number of aromatic nitrogens is 6. The zero-order chi connectivity index (χ0) is 27.8. The van der Waals surface area contributed by atoms with E-state index < -0.39 is 0 Å². The fourth-order valence-electron chi connectivity index (χ4n) is 5.16. The van der Waals surface area contributed by atoms with Gasteiger partial charge in [-0.15, -0.1) is 5.10 Å². The number of ether oxygens (including phenoxy) is 2. The highest BCUT2D eigenvalue weighted by Gasteiger charge is 2.23. The first-order valence-electron chi connectivity index (χ1n) is 13.0. The van der Waals surface area contributed by atoms with Crippen molar-refractivity contribution in [1.29, 1.82) is 0 Å². The Morgan fingerprint density at radius 1 is 0.950 bits per heavy atom. The Bertz CT molecular complexity index is 1720. The summed E-state index contributed by atoms with van der Waals surface area (Å²) >= 11 is 0. The molecule has 0 atom stereocenters. The number of benzene rings is 2. The Morgan fingerprint density at radius 2 is 1.68 bits per heavy atom. The predicted octanol–water partition coefficient (Wildman–Crippen LogP) is 1.85. The summed E-state index contributed by atoms with van der Waals surface area (Å²) in [5.41, 5.74) is 8.33. The van der Waals surface area contributed by atoms with Crippen molar-refractivity contribution in [2.75, 3.05) is 57.6 Å². The Hall–Kier alpha value is -4.65. The van der Waals surface area contributed by atoms with E-state index in [-0.39, 0.29) is 17.5 Å². The lowest BCUT2D eigenvalue weighted by Gasteiger charge is -2.36. The Kier molecular flexibility index (Phi) is 6.72. The molecule has 1 saturated heterocycles. The quantitative estimate of drug-likeness (QED) is 0.310. The number of methoxy groups -OCH3 is 2. The van der Waals surface area contributed by atoms with Gasteiger partial charge in [0.25, 0.3) is 0 Å². The lowest BCUT2D eigenvalue weighted by molar-refractivity contribution is 0.245. The third-order valence-corrected chi connectivity index (χ3v) is 7.31. The predicted molar refractivity (Wildman–Crippen MR) is 149 cm³/mol. The van der Waals surface area contributed by atoms with Gasteiger partial charge in [-0.3, -0.25) is 4.90 Å². The molecule has 0 aliphatic carbocycles. The van der Waals surface area contributed by atoms with Gasteiger partial charge in [0.15, 0.2) is 22.8 Å². The van der Waals surface area contributed by atoms with Gasteiger partial charge >= 0.3 is 5.69 Å². The number of halogens is 1. The lowest BCUT2D eigenvalue weighted by Crippen LogP contribution is -2.47. The molecule has 0 radical (unpaired) electrons. The molecule has 208 valence electrons. The van der Waals surface area contributed by atoms with Gasteiger partial charge in [0.1, 0.15) is 5.82 Å². The Morgan fingerprint density at radius 3 is 2.40 bits per heavy atom. The third kappa shape index (κ3) is 4.57. The van der Waals surface area contributed by atoms with Crippen LogP contribution in [0.3, 0.4) is 0 Å². The molecule has 0 spiro atoms. The van der Waals surface area contributed by atoms with Gasteiger partial charge in [-0.25, -0.2) is 22.9 Å². The molecule has 6 rings (SSSR count). The van der Waals surface area contributed by atoms with Crippen LogP contribution >= 0.6 is 0 Å². The van der Waals surface area contributed by atoms with Crippen LogP contribution in [0.15, 0.2) is 53.5 Å². The molecule has 2 aromatic carbocycles. The summed E-state index contributed by atoms with van der Waals surface area (Å²) in [5.74, 6) is 0.599. The van der Waals surface area contributed by atoms with E-state index in [0.29, 0.717) is 60.0 Å². The van der Waals surface area contributed by atoms with Crippen LogP contribution in [0.1, 0.15) is 5.56 Å². The van der Waals surface area contributed by atoms with Crippen LogP contribution in [0.5, 0.6) is 11.5 Å². The standard InChI is InChI=1S/C27H30FN9O3/c1-39-22-14-20(28)21(15-23(22)40-2)34-11-8-33(9-12-34)10-13-35-24-19(16-30-35)25-32-36(17-18-6-4-3-5-7-18)27(38)37(25)26(29)31-24/h3-7,14-16H,8-13,17H2,1-2H3,(H2,29,31). The normalized spacial score (nSPS) is 14.3. The molecule has 1 aliphatic heterocycles. The number of piperazine rings is 1. The molecule has 0 amide bonds. The summed E-state index contributed by atoms with van der Waals surface area (Å²) in [5, 5.41) is 9.74. The highest BCUT2D eigenvalue weighted by Crippen LogP contribution is 2.34. The zero-order valence-corrected chi connectivity index (χ0v) is 22.3. The van der Waals surface area contributed by atoms with Crippen molar-refractivity contribution >= 4 is 28.3 Å². The van der Waals surface area contributed by atoms with Crippen molar-refractivity contribution in [2.45, 2.75) is 13.1 Å². The van der Waals surface area contributed by atoms with E-state index >= 15 is 0 Å². The lowest BCUT2D eigenvalue weighted by atomic mass is 10.2. The third-order valence-electron chi connectivity index (χ3n) is 7.31. The summed E-state index contributed by atoms with van der Waals surface area (Å²) in [7, 11) is 3.03. The van der Waals surface area contributed by atoms with Crippen molar-refractivity contribution in [1.82, 2.24) is 33.8 Å². The van der Waals surface area contributed by atoms with E-state index in [9.17, 15) is 9.18 Å². The highest BCUT2D eigenvalue weighted by atomic mass is 19.1. The van der Waals surface area contributed by atoms with E-state index in [1.807, 2.05) is 35.2 Å². The fraction of sp³-hybridized carbons (Fsp3) is 0.333. The van der Waals surface area contributed by atoms with Crippen LogP contribution in [0.4, 0.5) is 16.0 Å². The van der Waals surface area contributed by atoms with Crippen LogP contribution in [0, 0.1) is 5.82 Å². The van der Waals surface area contributed by atoms with E-state index in [4.69, 9.17) is 15.2 Å². The van der Waals surface area contributed by atoms with Gasteiger partial charge in [-0.1, -0.05) is 30.3 Å². The zero-order valence-electron chi connectivity index (χ0n) is 22.3. The van der Waals surface area contributed by atoms with Crippen LogP contribution < -0.4 is 25.8 Å². The van der Waals surface area contributed by atoms with E-state index in [1.54, 1.807) is 24.1 Å². The number of anilines is 2. The van der Waals surface area contributed by atoms with E-state index in [1.165, 1.54) is 22.3 Å². The van der Waals surface area contributed by atoms with Gasteiger partial charge in [0, 0.05) is 44.9 Å². The molecule has 12 nitrogen and oxygen atoms in total. The summed E-state index contributed by atoms with van der Waals surface area (Å²) in [6.45, 7) is 4.47. The van der Waals surface area contributed by atoms with Crippen molar-refractivity contribution in [2.24, 2.45) is 0 Å². The minimum Gasteiger partial charge on any atom is -0.493 e. The number of hydrogen-bond acceptors (Lipinski definition) is 9. The summed E-state index contributed by atoms with van der Waals surface area (Å²) < 4.78 is 29.8. The number of nitrogens with two attached hydrogens (primary N) is 1. The second kappa shape index (κ2) is 10.5. The maximum atomic E-state index is 14.7. The SMILES string of the molecule is COc1cc(F)c(N2CCN(CCn3ncc4c3nc(N)n3c(=O)n(Cc5ccccc5)nc43)CC2)cc1OC. The van der Waals surface area contributed by atoms with Gasteiger partial charge in [-0.2, -0.15) is 10.1 Å². The Labute approximate surface area is 228 Å². The summed E-state index contributed by atoms with van der Waals surface area (Å²) in [4.78, 5) is 21.8. The van der Waals surface area contributed by atoms with Gasteiger partial charge < -0.3 is 20.1 Å². The number of fused-ring (bicyclic) bond motifs is 3. The molecule has 1 aliphatic rings. The van der Waals surface area contributed by atoms with E-state index in [0.717, 1.165) is 25.2 Å². The number of nitrogen functional groups attached to an aromatic ring is 1. The maximum Gasteiger partial charge on any atom is 0.353 e. The molecular weight excluding hydrogens is 517 g/mol.